The third-order valence-electron chi connectivity index (χ3n) is 5.81. The average molecular weight is 289 g/mol. The summed E-state index contributed by atoms with van der Waals surface area (Å²) >= 11 is 0. The topological polar surface area (TPSA) is 41.3 Å². The van der Waals surface area contributed by atoms with Crippen molar-refractivity contribution in [3.63, 3.8) is 0 Å². The molecule has 0 bridgehead atoms. The lowest BCUT2D eigenvalue weighted by molar-refractivity contribution is 0.0296. The van der Waals surface area contributed by atoms with Crippen LogP contribution in [0.5, 0.6) is 0 Å². The van der Waals surface area contributed by atoms with Gasteiger partial charge in [-0.3, -0.25) is 4.90 Å². The van der Waals surface area contributed by atoms with E-state index in [1.165, 1.54) is 62.8 Å². The Bertz CT molecular complexity index is 498. The number of imidazole rings is 1. The Labute approximate surface area is 127 Å². The number of likely N-dealkylation sites (tertiary alicyclic amines) is 1. The van der Waals surface area contributed by atoms with Crippen molar-refractivity contribution in [2.45, 2.75) is 76.0 Å². The summed E-state index contributed by atoms with van der Waals surface area (Å²) in [7, 11) is 0. The van der Waals surface area contributed by atoms with Crippen LogP contribution in [0.25, 0.3) is 0 Å². The number of fused-ring (bicyclic) bond motifs is 1. The SMILES string of the molecule is O[C@@H]1CCCC[C@H]1N1CC[C@H](n2cnc3c2CCCC3)C1. The molecule has 116 valence electrons. The van der Waals surface area contributed by atoms with Crippen LogP contribution in [-0.4, -0.2) is 44.8 Å². The molecule has 2 heterocycles. The van der Waals surface area contributed by atoms with E-state index in [2.05, 4.69) is 20.8 Å². The molecule has 1 aromatic heterocycles. The lowest BCUT2D eigenvalue weighted by atomic mass is 9.91. The van der Waals surface area contributed by atoms with Crippen molar-refractivity contribution in [1.29, 1.82) is 0 Å². The molecular formula is C17H27N3O. The molecular weight excluding hydrogens is 262 g/mol. The molecule has 3 aliphatic rings. The summed E-state index contributed by atoms with van der Waals surface area (Å²) in [5, 5.41) is 10.3. The van der Waals surface area contributed by atoms with Crippen molar-refractivity contribution < 1.29 is 5.11 Å². The number of aliphatic hydroxyl groups excluding tert-OH is 1. The first-order chi connectivity index (χ1) is 10.3. The smallest absolute Gasteiger partial charge is 0.0954 e. The highest BCUT2D eigenvalue weighted by Crippen LogP contribution is 2.32. The second-order valence-electron chi connectivity index (χ2n) is 7.11. The van der Waals surface area contributed by atoms with Crippen LogP contribution >= 0.6 is 0 Å². The molecule has 0 unspecified atom stereocenters. The van der Waals surface area contributed by atoms with Gasteiger partial charge in [-0.1, -0.05) is 12.8 Å². The predicted molar refractivity (Wildman–Crippen MR) is 82.4 cm³/mol. The first-order valence-electron chi connectivity index (χ1n) is 8.79. The summed E-state index contributed by atoms with van der Waals surface area (Å²) in [6, 6.07) is 0.983. The van der Waals surface area contributed by atoms with Gasteiger partial charge < -0.3 is 9.67 Å². The largest absolute Gasteiger partial charge is 0.391 e. The zero-order valence-electron chi connectivity index (χ0n) is 12.9. The van der Waals surface area contributed by atoms with Crippen LogP contribution < -0.4 is 0 Å². The molecule has 1 aliphatic heterocycles. The van der Waals surface area contributed by atoms with Crippen molar-refractivity contribution in [2.24, 2.45) is 0 Å². The number of hydrogen-bond acceptors (Lipinski definition) is 3. The first kappa shape index (κ1) is 13.8. The van der Waals surface area contributed by atoms with Gasteiger partial charge >= 0.3 is 0 Å². The van der Waals surface area contributed by atoms with Gasteiger partial charge in [-0.05, 0) is 44.9 Å². The molecule has 1 aromatic rings. The van der Waals surface area contributed by atoms with Gasteiger partial charge in [-0.15, -0.1) is 0 Å². The highest BCUT2D eigenvalue weighted by molar-refractivity contribution is 5.17. The van der Waals surface area contributed by atoms with Crippen molar-refractivity contribution in [3.8, 4) is 0 Å². The molecule has 2 fully saturated rings. The summed E-state index contributed by atoms with van der Waals surface area (Å²) in [6.07, 6.45) is 12.8. The zero-order chi connectivity index (χ0) is 14.2. The summed E-state index contributed by atoms with van der Waals surface area (Å²) in [4.78, 5) is 7.19. The molecule has 3 atom stereocenters. The minimum Gasteiger partial charge on any atom is -0.391 e. The molecule has 21 heavy (non-hydrogen) atoms. The van der Waals surface area contributed by atoms with E-state index in [0.29, 0.717) is 12.1 Å². The van der Waals surface area contributed by atoms with Crippen molar-refractivity contribution in [1.82, 2.24) is 14.5 Å². The maximum atomic E-state index is 10.3. The van der Waals surface area contributed by atoms with E-state index >= 15 is 0 Å². The van der Waals surface area contributed by atoms with Crippen LogP contribution in [0.2, 0.25) is 0 Å². The van der Waals surface area contributed by atoms with Crippen LogP contribution in [0.3, 0.4) is 0 Å². The van der Waals surface area contributed by atoms with Gasteiger partial charge in [0.2, 0.25) is 0 Å². The lowest BCUT2D eigenvalue weighted by Gasteiger charge is -2.35. The third kappa shape index (κ3) is 2.53. The molecule has 1 saturated heterocycles. The number of rotatable bonds is 2. The minimum absolute atomic E-state index is 0.103. The molecule has 4 heteroatoms. The average Bonchev–Trinajstić information content (AvgIpc) is 3.14. The maximum absolute atomic E-state index is 10.3. The molecule has 0 radical (unpaired) electrons. The fourth-order valence-electron chi connectivity index (χ4n) is 4.62. The lowest BCUT2D eigenvalue weighted by Crippen LogP contribution is -2.44. The van der Waals surface area contributed by atoms with E-state index in [-0.39, 0.29) is 6.10 Å². The molecule has 0 spiro atoms. The first-order valence-corrected chi connectivity index (χ1v) is 8.79. The highest BCUT2D eigenvalue weighted by Gasteiger charge is 2.35. The van der Waals surface area contributed by atoms with Crippen LogP contribution in [-0.2, 0) is 12.8 Å². The van der Waals surface area contributed by atoms with Crippen molar-refractivity contribution in [2.75, 3.05) is 13.1 Å². The molecule has 1 N–H and O–H groups in total. The summed E-state index contributed by atoms with van der Waals surface area (Å²) in [5.41, 5.74) is 2.84. The van der Waals surface area contributed by atoms with E-state index in [9.17, 15) is 5.11 Å². The second-order valence-corrected chi connectivity index (χ2v) is 7.11. The van der Waals surface area contributed by atoms with Gasteiger partial charge in [0.25, 0.3) is 0 Å². The van der Waals surface area contributed by atoms with Gasteiger partial charge in [0.1, 0.15) is 0 Å². The molecule has 2 aliphatic carbocycles. The Morgan fingerprint density at radius 1 is 1.05 bits per heavy atom. The number of hydrogen-bond donors (Lipinski definition) is 1. The van der Waals surface area contributed by atoms with E-state index in [0.717, 1.165) is 19.5 Å². The van der Waals surface area contributed by atoms with Crippen LogP contribution in [0.4, 0.5) is 0 Å². The molecule has 0 amide bonds. The number of nitrogens with zero attached hydrogens (tertiary/aromatic N) is 3. The van der Waals surface area contributed by atoms with Crippen LogP contribution in [0.1, 0.15) is 62.4 Å². The summed E-state index contributed by atoms with van der Waals surface area (Å²) in [5.74, 6) is 0. The Morgan fingerprint density at radius 2 is 1.90 bits per heavy atom. The maximum Gasteiger partial charge on any atom is 0.0954 e. The predicted octanol–water partition coefficient (Wildman–Crippen LogP) is 2.31. The van der Waals surface area contributed by atoms with Gasteiger partial charge in [0.05, 0.1) is 18.1 Å². The standard InChI is InChI=1S/C17H27N3O/c21-17-8-4-3-7-16(17)19-10-9-13(11-19)20-12-18-14-5-1-2-6-15(14)20/h12-13,16-17,21H,1-11H2/t13-,16+,17+/m0/s1. The molecule has 4 nitrogen and oxygen atoms in total. The quantitative estimate of drug-likeness (QED) is 0.908. The van der Waals surface area contributed by atoms with Crippen LogP contribution in [0.15, 0.2) is 6.33 Å². The van der Waals surface area contributed by atoms with Crippen molar-refractivity contribution in [3.05, 3.63) is 17.7 Å². The Balaban J connectivity index is 1.47. The Hall–Kier alpha value is -0.870. The van der Waals surface area contributed by atoms with E-state index in [1.54, 1.807) is 0 Å². The number of aliphatic hydroxyl groups is 1. The normalized spacial score (nSPS) is 34.0. The minimum atomic E-state index is -0.103. The van der Waals surface area contributed by atoms with Crippen LogP contribution in [0, 0.1) is 0 Å². The van der Waals surface area contributed by atoms with Gasteiger partial charge in [0, 0.05) is 30.9 Å². The fraction of sp³-hybridized carbons (Fsp3) is 0.824. The van der Waals surface area contributed by atoms with Gasteiger partial charge in [-0.25, -0.2) is 4.98 Å². The Kier molecular flexibility index (Phi) is 3.76. The van der Waals surface area contributed by atoms with E-state index in [1.807, 2.05) is 0 Å². The van der Waals surface area contributed by atoms with Gasteiger partial charge in [-0.2, -0.15) is 0 Å². The fourth-order valence-corrected chi connectivity index (χ4v) is 4.62. The highest BCUT2D eigenvalue weighted by atomic mass is 16.3. The molecule has 0 aromatic carbocycles. The van der Waals surface area contributed by atoms with Crippen molar-refractivity contribution >= 4 is 0 Å². The molecule has 1 saturated carbocycles. The zero-order valence-corrected chi connectivity index (χ0v) is 12.9. The second kappa shape index (κ2) is 5.73. The Morgan fingerprint density at radius 3 is 2.81 bits per heavy atom. The summed E-state index contributed by atoms with van der Waals surface area (Å²) < 4.78 is 2.46. The van der Waals surface area contributed by atoms with E-state index in [4.69, 9.17) is 0 Å². The summed E-state index contributed by atoms with van der Waals surface area (Å²) in [6.45, 7) is 2.24. The van der Waals surface area contributed by atoms with E-state index < -0.39 is 0 Å². The molecule has 4 rings (SSSR count). The number of aryl methyl sites for hydroxylation is 1. The monoisotopic (exact) mass is 289 g/mol. The van der Waals surface area contributed by atoms with Gasteiger partial charge in [0.15, 0.2) is 0 Å². The third-order valence-corrected chi connectivity index (χ3v) is 5.81. The number of aromatic nitrogens is 2.